The molecular formula is C24H24ClN7O. The van der Waals surface area contributed by atoms with Crippen molar-refractivity contribution >= 4 is 34.4 Å². The van der Waals surface area contributed by atoms with Gasteiger partial charge in [0.25, 0.3) is 0 Å². The quantitative estimate of drug-likeness (QED) is 0.498. The zero-order valence-corrected chi connectivity index (χ0v) is 19.1. The summed E-state index contributed by atoms with van der Waals surface area (Å²) in [6, 6.07) is 7.79. The minimum Gasteiger partial charge on any atom is -0.378 e. The van der Waals surface area contributed by atoms with Gasteiger partial charge in [0.15, 0.2) is 0 Å². The van der Waals surface area contributed by atoms with Crippen LogP contribution in [0.3, 0.4) is 0 Å². The summed E-state index contributed by atoms with van der Waals surface area (Å²) in [6.07, 6.45) is 6.54. The molecule has 2 aliphatic rings. The van der Waals surface area contributed by atoms with Crippen LogP contribution in [-0.4, -0.2) is 57.8 Å². The summed E-state index contributed by atoms with van der Waals surface area (Å²) in [5.74, 6) is 1.44. The maximum atomic E-state index is 6.33. The van der Waals surface area contributed by atoms with Crippen LogP contribution in [0.15, 0.2) is 42.9 Å². The standard InChI is InChI=1S/C24H24ClN7O/c1-15-4-6-26-24(29-15)32-7-5-18-19-12-17(25)2-3-20(19)30-21(18)22(32)16-13-27-23(28-14-16)31-8-10-33-11-9-31/h2-4,6,12-14,22,30H,5,7-11H2,1H3. The highest BCUT2D eigenvalue weighted by atomic mass is 35.5. The molecule has 0 spiro atoms. The second kappa shape index (κ2) is 8.28. The van der Waals surface area contributed by atoms with Crippen LogP contribution in [0.25, 0.3) is 10.9 Å². The molecule has 0 saturated carbocycles. The Labute approximate surface area is 196 Å². The smallest absolute Gasteiger partial charge is 0.226 e. The number of benzene rings is 1. The zero-order chi connectivity index (χ0) is 22.4. The number of morpholine rings is 1. The Bertz CT molecular complexity index is 1300. The molecule has 1 saturated heterocycles. The number of hydrogen-bond donors (Lipinski definition) is 1. The van der Waals surface area contributed by atoms with Crippen LogP contribution >= 0.6 is 11.6 Å². The first-order valence-electron chi connectivity index (χ1n) is 11.2. The van der Waals surface area contributed by atoms with Crippen molar-refractivity contribution in [2.75, 3.05) is 42.6 Å². The maximum Gasteiger partial charge on any atom is 0.226 e. The van der Waals surface area contributed by atoms with Gasteiger partial charge in [-0.15, -0.1) is 0 Å². The van der Waals surface area contributed by atoms with Crippen molar-refractivity contribution in [3.05, 3.63) is 70.4 Å². The molecule has 1 atom stereocenters. The Morgan fingerprint density at radius 2 is 1.85 bits per heavy atom. The number of halogens is 1. The third-order valence-corrected chi connectivity index (χ3v) is 6.63. The number of rotatable bonds is 3. The first-order chi connectivity index (χ1) is 16.2. The summed E-state index contributed by atoms with van der Waals surface area (Å²) in [5.41, 5.74) is 5.40. The van der Waals surface area contributed by atoms with E-state index in [9.17, 15) is 0 Å². The number of anilines is 2. The Kier molecular flexibility index (Phi) is 5.11. The lowest BCUT2D eigenvalue weighted by Crippen LogP contribution is -2.38. The van der Waals surface area contributed by atoms with Crippen LogP contribution < -0.4 is 9.80 Å². The minimum atomic E-state index is -0.125. The van der Waals surface area contributed by atoms with Gasteiger partial charge in [0.1, 0.15) is 6.04 Å². The number of nitrogens with one attached hydrogen (secondary N) is 1. The lowest BCUT2D eigenvalue weighted by Gasteiger charge is -2.36. The van der Waals surface area contributed by atoms with Gasteiger partial charge in [-0.2, -0.15) is 0 Å². The van der Waals surface area contributed by atoms with Crippen molar-refractivity contribution in [1.29, 1.82) is 0 Å². The molecule has 3 aromatic heterocycles. The number of ether oxygens (including phenoxy) is 1. The number of hydrogen-bond acceptors (Lipinski definition) is 7. The molecule has 1 N–H and O–H groups in total. The van der Waals surface area contributed by atoms with Crippen LogP contribution in [0.1, 0.15) is 28.6 Å². The molecule has 33 heavy (non-hydrogen) atoms. The van der Waals surface area contributed by atoms with E-state index in [1.165, 1.54) is 5.56 Å². The van der Waals surface area contributed by atoms with E-state index >= 15 is 0 Å². The number of nitrogens with zero attached hydrogens (tertiary/aromatic N) is 6. The predicted molar refractivity (Wildman–Crippen MR) is 128 cm³/mol. The number of aromatic nitrogens is 5. The molecule has 168 valence electrons. The fraction of sp³-hybridized carbons (Fsp3) is 0.333. The topological polar surface area (TPSA) is 83.1 Å². The van der Waals surface area contributed by atoms with Gasteiger partial charge in [0.05, 0.1) is 13.2 Å². The van der Waals surface area contributed by atoms with Crippen molar-refractivity contribution in [3.63, 3.8) is 0 Å². The number of aromatic amines is 1. The maximum absolute atomic E-state index is 6.33. The molecular weight excluding hydrogens is 438 g/mol. The van der Waals surface area contributed by atoms with Gasteiger partial charge in [-0.3, -0.25) is 0 Å². The van der Waals surface area contributed by atoms with Crippen molar-refractivity contribution in [1.82, 2.24) is 24.9 Å². The van der Waals surface area contributed by atoms with E-state index in [4.69, 9.17) is 31.3 Å². The first kappa shape index (κ1) is 20.4. The molecule has 8 nitrogen and oxygen atoms in total. The van der Waals surface area contributed by atoms with Gasteiger partial charge in [0, 0.05) is 71.1 Å². The zero-order valence-electron chi connectivity index (χ0n) is 18.3. The van der Waals surface area contributed by atoms with E-state index in [2.05, 4.69) is 19.8 Å². The molecule has 0 aliphatic carbocycles. The second-order valence-corrected chi connectivity index (χ2v) is 8.90. The lowest BCUT2D eigenvalue weighted by atomic mass is 9.94. The van der Waals surface area contributed by atoms with Gasteiger partial charge in [-0.25, -0.2) is 19.9 Å². The summed E-state index contributed by atoms with van der Waals surface area (Å²) in [7, 11) is 0. The number of aryl methyl sites for hydroxylation is 1. The molecule has 6 rings (SSSR count). The van der Waals surface area contributed by atoms with Crippen molar-refractivity contribution in [2.24, 2.45) is 0 Å². The molecule has 5 heterocycles. The molecule has 2 aliphatic heterocycles. The van der Waals surface area contributed by atoms with E-state index < -0.39 is 0 Å². The molecule has 1 aromatic carbocycles. The van der Waals surface area contributed by atoms with E-state index in [1.807, 2.05) is 49.8 Å². The van der Waals surface area contributed by atoms with Gasteiger partial charge in [0.2, 0.25) is 11.9 Å². The van der Waals surface area contributed by atoms with Crippen LogP contribution in [0.2, 0.25) is 5.02 Å². The summed E-state index contributed by atoms with van der Waals surface area (Å²) >= 11 is 6.33. The molecule has 1 fully saturated rings. The van der Waals surface area contributed by atoms with Crippen molar-refractivity contribution < 1.29 is 4.74 Å². The Balaban J connectivity index is 1.45. The van der Waals surface area contributed by atoms with Gasteiger partial charge < -0.3 is 19.5 Å². The van der Waals surface area contributed by atoms with E-state index in [-0.39, 0.29) is 6.04 Å². The average Bonchev–Trinajstić information content (AvgIpc) is 3.22. The molecule has 4 aromatic rings. The first-order valence-corrected chi connectivity index (χ1v) is 11.6. The highest BCUT2D eigenvalue weighted by Gasteiger charge is 2.34. The molecule has 0 radical (unpaired) electrons. The van der Waals surface area contributed by atoms with E-state index in [0.29, 0.717) is 19.2 Å². The fourth-order valence-electron chi connectivity index (χ4n) is 4.80. The monoisotopic (exact) mass is 461 g/mol. The SMILES string of the molecule is Cc1ccnc(N2CCc3c([nH]c4ccc(Cl)cc34)C2c2cnc(N3CCOCC3)nc2)n1. The molecule has 0 amide bonds. The van der Waals surface area contributed by atoms with E-state index in [1.54, 1.807) is 0 Å². The average molecular weight is 462 g/mol. The summed E-state index contributed by atoms with van der Waals surface area (Å²) in [6.45, 7) is 5.78. The largest absolute Gasteiger partial charge is 0.378 e. The molecule has 9 heteroatoms. The molecule has 0 bridgehead atoms. The van der Waals surface area contributed by atoms with Gasteiger partial charge in [-0.05, 0) is 43.2 Å². The Morgan fingerprint density at radius 3 is 2.64 bits per heavy atom. The van der Waals surface area contributed by atoms with Gasteiger partial charge >= 0.3 is 0 Å². The lowest BCUT2D eigenvalue weighted by molar-refractivity contribution is 0.122. The van der Waals surface area contributed by atoms with Crippen LogP contribution in [0.4, 0.5) is 11.9 Å². The van der Waals surface area contributed by atoms with Gasteiger partial charge in [-0.1, -0.05) is 11.6 Å². The number of fused-ring (bicyclic) bond motifs is 3. The third-order valence-electron chi connectivity index (χ3n) is 6.40. The Morgan fingerprint density at radius 1 is 1.03 bits per heavy atom. The molecule has 1 unspecified atom stereocenters. The summed E-state index contributed by atoms with van der Waals surface area (Å²) in [5, 5.41) is 1.90. The highest BCUT2D eigenvalue weighted by Crippen LogP contribution is 2.40. The van der Waals surface area contributed by atoms with Crippen molar-refractivity contribution in [3.8, 4) is 0 Å². The van der Waals surface area contributed by atoms with Crippen LogP contribution in [0, 0.1) is 6.92 Å². The number of H-pyrrole nitrogens is 1. The predicted octanol–water partition coefficient (Wildman–Crippen LogP) is 3.70. The normalized spacial score (nSPS) is 18.5. The Hall–Kier alpha value is -3.23. The highest BCUT2D eigenvalue weighted by molar-refractivity contribution is 6.31. The van der Waals surface area contributed by atoms with Crippen LogP contribution in [-0.2, 0) is 11.2 Å². The second-order valence-electron chi connectivity index (χ2n) is 8.47. The fourth-order valence-corrected chi connectivity index (χ4v) is 4.97. The van der Waals surface area contributed by atoms with Crippen molar-refractivity contribution in [2.45, 2.75) is 19.4 Å². The van der Waals surface area contributed by atoms with Crippen LogP contribution in [0.5, 0.6) is 0 Å². The van der Waals surface area contributed by atoms with E-state index in [0.717, 1.165) is 64.9 Å². The summed E-state index contributed by atoms with van der Waals surface area (Å²) < 4.78 is 5.46. The third kappa shape index (κ3) is 3.69. The minimum absolute atomic E-state index is 0.125. The summed E-state index contributed by atoms with van der Waals surface area (Å²) in [4.78, 5) is 26.8.